The molecule has 0 saturated heterocycles. The van der Waals surface area contributed by atoms with Crippen molar-refractivity contribution in [3.63, 3.8) is 0 Å². The highest BCUT2D eigenvalue weighted by Gasteiger charge is 2.07. The zero-order chi connectivity index (χ0) is 15.4. The normalized spacial score (nSPS) is 11.7. The Hall–Kier alpha value is -2.15. The van der Waals surface area contributed by atoms with E-state index in [0.717, 1.165) is 11.4 Å². The van der Waals surface area contributed by atoms with Crippen LogP contribution in [0.1, 0.15) is 22.5 Å². The molecule has 1 aromatic heterocycles. The monoisotopic (exact) mass is 306 g/mol. The van der Waals surface area contributed by atoms with Gasteiger partial charge in [0.2, 0.25) is 0 Å². The van der Waals surface area contributed by atoms with Crippen molar-refractivity contribution in [1.29, 1.82) is 0 Å². The van der Waals surface area contributed by atoms with Crippen LogP contribution in [0.3, 0.4) is 0 Å². The molecule has 1 heterocycles. The number of amidine groups is 1. The van der Waals surface area contributed by atoms with Crippen molar-refractivity contribution in [3.05, 3.63) is 52.6 Å². The van der Waals surface area contributed by atoms with Gasteiger partial charge in [0, 0.05) is 22.7 Å². The highest BCUT2D eigenvalue weighted by molar-refractivity contribution is 7.98. The molecule has 110 valence electrons. The van der Waals surface area contributed by atoms with Crippen LogP contribution in [-0.4, -0.2) is 21.0 Å². The molecule has 5 nitrogen and oxygen atoms in total. The largest absolute Gasteiger partial charge is 0.409 e. The lowest BCUT2D eigenvalue weighted by molar-refractivity contribution is 0.318. The number of thioether (sulfide) groups is 1. The van der Waals surface area contributed by atoms with Crippen molar-refractivity contribution in [1.82, 2.24) is 9.97 Å². The summed E-state index contributed by atoms with van der Waals surface area (Å²) in [4.78, 5) is 8.63. The number of hydrogen-bond donors (Lipinski definition) is 2. The molecular formula is C14H15FN4OS. The third-order valence-electron chi connectivity index (χ3n) is 2.69. The molecule has 0 amide bonds. The topological polar surface area (TPSA) is 84.4 Å². The molecule has 0 aliphatic heterocycles. The third kappa shape index (κ3) is 4.16. The Morgan fingerprint density at radius 3 is 2.52 bits per heavy atom. The predicted molar refractivity (Wildman–Crippen MR) is 80.0 cm³/mol. The Morgan fingerprint density at radius 1 is 1.24 bits per heavy atom. The highest BCUT2D eigenvalue weighted by atomic mass is 32.2. The average Bonchev–Trinajstić information content (AvgIpc) is 2.42. The summed E-state index contributed by atoms with van der Waals surface area (Å²) in [6, 6.07) is 6.19. The van der Waals surface area contributed by atoms with Gasteiger partial charge in [-0.25, -0.2) is 14.4 Å². The number of aryl methyl sites for hydroxylation is 2. The number of hydrogen-bond acceptors (Lipinski definition) is 5. The Labute approximate surface area is 126 Å². The molecule has 0 spiro atoms. The molecule has 0 radical (unpaired) electrons. The Morgan fingerprint density at radius 2 is 1.90 bits per heavy atom. The molecule has 2 rings (SSSR count). The molecule has 7 heteroatoms. The van der Waals surface area contributed by atoms with Crippen molar-refractivity contribution < 1.29 is 9.60 Å². The first-order chi connectivity index (χ1) is 9.97. The number of rotatable bonds is 4. The van der Waals surface area contributed by atoms with Crippen LogP contribution in [0.2, 0.25) is 0 Å². The number of oxime groups is 1. The number of nitrogens with two attached hydrogens (primary N) is 1. The zero-order valence-corrected chi connectivity index (χ0v) is 12.5. The van der Waals surface area contributed by atoms with E-state index in [1.807, 2.05) is 19.9 Å². The molecule has 0 aliphatic rings. The van der Waals surface area contributed by atoms with Crippen LogP contribution in [0.4, 0.5) is 4.39 Å². The summed E-state index contributed by atoms with van der Waals surface area (Å²) in [6.45, 7) is 3.80. The molecule has 0 aliphatic carbocycles. The molecule has 0 fully saturated rings. The summed E-state index contributed by atoms with van der Waals surface area (Å²) in [6.07, 6.45) is 0. The van der Waals surface area contributed by atoms with Gasteiger partial charge >= 0.3 is 0 Å². The van der Waals surface area contributed by atoms with Crippen LogP contribution in [-0.2, 0) is 5.75 Å². The lowest BCUT2D eigenvalue weighted by Gasteiger charge is -2.06. The lowest BCUT2D eigenvalue weighted by atomic mass is 10.1. The average molecular weight is 306 g/mol. The molecule has 1 aromatic carbocycles. The second kappa shape index (κ2) is 6.53. The SMILES string of the molecule is Cc1cc(C)nc(SCc2cc(F)cc(/C(N)=N/O)c2)n1. The fourth-order valence-electron chi connectivity index (χ4n) is 1.85. The molecule has 0 atom stereocenters. The zero-order valence-electron chi connectivity index (χ0n) is 11.7. The van der Waals surface area contributed by atoms with Crippen molar-refractivity contribution in [2.24, 2.45) is 10.9 Å². The van der Waals surface area contributed by atoms with E-state index < -0.39 is 5.82 Å². The second-order valence-electron chi connectivity index (χ2n) is 4.56. The molecule has 2 aromatic rings. The predicted octanol–water partition coefficient (Wildman–Crippen LogP) is 2.62. The van der Waals surface area contributed by atoms with Crippen LogP contribution in [0.25, 0.3) is 0 Å². The van der Waals surface area contributed by atoms with E-state index in [9.17, 15) is 4.39 Å². The Balaban J connectivity index is 2.18. The van der Waals surface area contributed by atoms with E-state index in [2.05, 4.69) is 15.1 Å². The first-order valence-corrected chi connectivity index (χ1v) is 7.19. The second-order valence-corrected chi connectivity index (χ2v) is 5.50. The van der Waals surface area contributed by atoms with Crippen LogP contribution in [0.5, 0.6) is 0 Å². The van der Waals surface area contributed by atoms with Gasteiger partial charge in [0.1, 0.15) is 5.82 Å². The summed E-state index contributed by atoms with van der Waals surface area (Å²) >= 11 is 1.41. The number of aromatic nitrogens is 2. The number of halogens is 1. The smallest absolute Gasteiger partial charge is 0.188 e. The molecular weight excluding hydrogens is 291 g/mol. The van der Waals surface area contributed by atoms with Crippen LogP contribution < -0.4 is 5.73 Å². The van der Waals surface area contributed by atoms with Gasteiger partial charge in [-0.3, -0.25) is 0 Å². The maximum atomic E-state index is 13.5. The molecule has 0 unspecified atom stereocenters. The van der Waals surface area contributed by atoms with E-state index >= 15 is 0 Å². The first kappa shape index (κ1) is 15.2. The van der Waals surface area contributed by atoms with Crippen molar-refractivity contribution in [2.75, 3.05) is 0 Å². The van der Waals surface area contributed by atoms with E-state index in [1.165, 1.54) is 23.9 Å². The summed E-state index contributed by atoms with van der Waals surface area (Å²) in [5.74, 6) is -0.0637. The van der Waals surface area contributed by atoms with Crippen molar-refractivity contribution in [3.8, 4) is 0 Å². The first-order valence-electron chi connectivity index (χ1n) is 6.20. The quantitative estimate of drug-likeness (QED) is 0.226. The summed E-state index contributed by atoms with van der Waals surface area (Å²) < 4.78 is 13.5. The van der Waals surface area contributed by atoms with Gasteiger partial charge < -0.3 is 10.9 Å². The van der Waals surface area contributed by atoms with Gasteiger partial charge in [0.05, 0.1) is 0 Å². The van der Waals surface area contributed by atoms with Gasteiger partial charge in [0.25, 0.3) is 0 Å². The standard InChI is InChI=1S/C14H15FN4OS/c1-8-3-9(2)18-14(17-8)21-7-10-4-11(13(16)19-20)6-12(15)5-10/h3-6,20H,7H2,1-2H3,(H2,16,19). The molecule has 0 bridgehead atoms. The molecule has 21 heavy (non-hydrogen) atoms. The number of benzene rings is 1. The minimum Gasteiger partial charge on any atom is -0.409 e. The van der Waals surface area contributed by atoms with E-state index in [4.69, 9.17) is 10.9 Å². The van der Waals surface area contributed by atoms with Gasteiger partial charge in [-0.2, -0.15) is 0 Å². The highest BCUT2D eigenvalue weighted by Crippen LogP contribution is 2.21. The van der Waals surface area contributed by atoms with Crippen molar-refractivity contribution >= 4 is 17.6 Å². The summed E-state index contributed by atoms with van der Waals surface area (Å²) in [7, 11) is 0. The molecule has 0 saturated carbocycles. The van der Waals surface area contributed by atoms with Gasteiger partial charge in [-0.15, -0.1) is 0 Å². The fourth-order valence-corrected chi connectivity index (χ4v) is 2.72. The van der Waals surface area contributed by atoms with Gasteiger partial charge in [0.15, 0.2) is 11.0 Å². The van der Waals surface area contributed by atoms with E-state index in [-0.39, 0.29) is 5.84 Å². The third-order valence-corrected chi connectivity index (χ3v) is 3.61. The Bertz CT molecular complexity index is 670. The fraction of sp³-hybridized carbons (Fsp3) is 0.214. The van der Waals surface area contributed by atoms with Crippen LogP contribution >= 0.6 is 11.8 Å². The maximum absolute atomic E-state index is 13.5. The Kier molecular flexibility index (Phi) is 4.74. The van der Waals surface area contributed by atoms with Crippen LogP contribution in [0, 0.1) is 19.7 Å². The summed E-state index contributed by atoms with van der Waals surface area (Å²) in [5.41, 5.74) is 8.32. The van der Waals surface area contributed by atoms with Gasteiger partial charge in [-0.05, 0) is 43.7 Å². The van der Waals surface area contributed by atoms with Crippen LogP contribution in [0.15, 0.2) is 34.6 Å². The number of nitrogens with zero attached hydrogens (tertiary/aromatic N) is 3. The lowest BCUT2D eigenvalue weighted by Crippen LogP contribution is -2.13. The summed E-state index contributed by atoms with van der Waals surface area (Å²) in [5, 5.41) is 12.2. The minimum absolute atomic E-state index is 0.122. The van der Waals surface area contributed by atoms with E-state index in [0.29, 0.717) is 22.0 Å². The van der Waals surface area contributed by atoms with Crippen molar-refractivity contribution in [2.45, 2.75) is 24.8 Å². The van der Waals surface area contributed by atoms with E-state index in [1.54, 1.807) is 6.07 Å². The molecule has 3 N–H and O–H groups in total. The maximum Gasteiger partial charge on any atom is 0.188 e. The van der Waals surface area contributed by atoms with Gasteiger partial charge in [-0.1, -0.05) is 16.9 Å². The minimum atomic E-state index is -0.434.